The van der Waals surface area contributed by atoms with Gasteiger partial charge in [-0.05, 0) is 18.9 Å². The van der Waals surface area contributed by atoms with Gasteiger partial charge in [-0.15, -0.1) is 0 Å². The van der Waals surface area contributed by atoms with Gasteiger partial charge in [-0.25, -0.2) is 0 Å². The number of nitrogens with one attached hydrogen (secondary N) is 2. The maximum Gasteiger partial charge on any atom is 0.221 e. The highest BCUT2D eigenvalue weighted by Gasteiger charge is 2.12. The van der Waals surface area contributed by atoms with Gasteiger partial charge in [0.2, 0.25) is 11.8 Å². The number of rotatable bonds is 2. The molecule has 0 bridgehead atoms. The summed E-state index contributed by atoms with van der Waals surface area (Å²) < 4.78 is 0. The lowest BCUT2D eigenvalue weighted by Gasteiger charge is -2.18. The van der Waals surface area contributed by atoms with Gasteiger partial charge in [0.05, 0.1) is 5.70 Å². The van der Waals surface area contributed by atoms with Crippen molar-refractivity contribution < 1.29 is 9.59 Å². The van der Waals surface area contributed by atoms with Crippen LogP contribution in [0.4, 0.5) is 0 Å². The van der Waals surface area contributed by atoms with Crippen molar-refractivity contribution >= 4 is 11.8 Å². The molecule has 0 radical (unpaired) electrons. The second-order valence-corrected chi connectivity index (χ2v) is 3.47. The molecule has 0 aliphatic heterocycles. The third kappa shape index (κ3) is 3.46. The van der Waals surface area contributed by atoms with Crippen molar-refractivity contribution in [2.75, 3.05) is 0 Å². The van der Waals surface area contributed by atoms with E-state index in [-0.39, 0.29) is 11.8 Å². The van der Waals surface area contributed by atoms with Crippen molar-refractivity contribution in [2.24, 2.45) is 5.73 Å². The standard InChI is InChI=1S/C10H15N3O2/c1-6(14)12-8-3-4-10(9(11)5-8)13-7(2)15/h5H,3-4,11H2,1-2H3,(H,12,14)(H,13,15). The van der Waals surface area contributed by atoms with Crippen molar-refractivity contribution in [2.45, 2.75) is 26.7 Å². The zero-order chi connectivity index (χ0) is 11.4. The summed E-state index contributed by atoms with van der Waals surface area (Å²) in [7, 11) is 0. The molecule has 2 amide bonds. The number of hydrogen-bond acceptors (Lipinski definition) is 3. The average molecular weight is 209 g/mol. The molecule has 0 fully saturated rings. The van der Waals surface area contributed by atoms with Crippen LogP contribution < -0.4 is 16.4 Å². The normalized spacial score (nSPS) is 15.7. The Hall–Kier alpha value is -1.78. The van der Waals surface area contributed by atoms with E-state index in [1.54, 1.807) is 6.08 Å². The first-order chi connectivity index (χ1) is 6.99. The Labute approximate surface area is 88.4 Å². The van der Waals surface area contributed by atoms with Gasteiger partial charge in [0.1, 0.15) is 0 Å². The minimum atomic E-state index is -0.135. The van der Waals surface area contributed by atoms with Gasteiger partial charge in [0.25, 0.3) is 0 Å². The van der Waals surface area contributed by atoms with E-state index in [0.29, 0.717) is 18.5 Å². The van der Waals surface area contributed by atoms with E-state index in [2.05, 4.69) is 10.6 Å². The number of carbonyl (C=O) groups is 2. The molecule has 15 heavy (non-hydrogen) atoms. The Kier molecular flexibility index (Phi) is 3.49. The summed E-state index contributed by atoms with van der Waals surface area (Å²) in [4.78, 5) is 21.6. The molecule has 1 rings (SSSR count). The summed E-state index contributed by atoms with van der Waals surface area (Å²) in [5.74, 6) is -0.249. The van der Waals surface area contributed by atoms with E-state index >= 15 is 0 Å². The lowest BCUT2D eigenvalue weighted by molar-refractivity contribution is -0.119. The Morgan fingerprint density at radius 1 is 1.20 bits per heavy atom. The summed E-state index contributed by atoms with van der Waals surface area (Å²) in [5, 5.41) is 5.35. The van der Waals surface area contributed by atoms with Crippen LogP contribution in [-0.4, -0.2) is 11.8 Å². The van der Waals surface area contributed by atoms with E-state index in [0.717, 1.165) is 11.4 Å². The highest BCUT2D eigenvalue weighted by molar-refractivity contribution is 5.76. The molecule has 0 spiro atoms. The van der Waals surface area contributed by atoms with Crippen LogP contribution in [0.25, 0.3) is 0 Å². The molecule has 0 aromatic carbocycles. The smallest absolute Gasteiger partial charge is 0.221 e. The molecule has 82 valence electrons. The van der Waals surface area contributed by atoms with Crippen molar-refractivity contribution in [3.8, 4) is 0 Å². The first-order valence-electron chi connectivity index (χ1n) is 4.73. The van der Waals surface area contributed by atoms with Gasteiger partial charge in [-0.2, -0.15) is 0 Å². The fraction of sp³-hybridized carbons (Fsp3) is 0.400. The minimum Gasteiger partial charge on any atom is -0.397 e. The molecule has 1 aliphatic carbocycles. The highest BCUT2D eigenvalue weighted by atomic mass is 16.2. The Morgan fingerprint density at radius 3 is 2.27 bits per heavy atom. The molecule has 0 atom stereocenters. The number of nitrogens with two attached hydrogens (primary N) is 1. The highest BCUT2D eigenvalue weighted by Crippen LogP contribution is 2.17. The van der Waals surface area contributed by atoms with Crippen LogP contribution in [0, 0.1) is 0 Å². The van der Waals surface area contributed by atoms with Crippen LogP contribution in [0.15, 0.2) is 23.2 Å². The zero-order valence-electron chi connectivity index (χ0n) is 8.89. The van der Waals surface area contributed by atoms with Crippen molar-refractivity contribution in [1.29, 1.82) is 0 Å². The van der Waals surface area contributed by atoms with Crippen molar-refractivity contribution in [3.05, 3.63) is 23.2 Å². The molecule has 0 aromatic rings. The molecule has 0 aromatic heterocycles. The quantitative estimate of drug-likeness (QED) is 0.603. The van der Waals surface area contributed by atoms with E-state index in [1.165, 1.54) is 13.8 Å². The minimum absolute atomic E-state index is 0.114. The van der Waals surface area contributed by atoms with Gasteiger partial charge in [0.15, 0.2) is 0 Å². The average Bonchev–Trinajstić information content (AvgIpc) is 2.08. The van der Waals surface area contributed by atoms with Gasteiger partial charge < -0.3 is 16.4 Å². The van der Waals surface area contributed by atoms with Gasteiger partial charge >= 0.3 is 0 Å². The van der Waals surface area contributed by atoms with E-state index in [9.17, 15) is 9.59 Å². The van der Waals surface area contributed by atoms with Crippen molar-refractivity contribution in [3.63, 3.8) is 0 Å². The summed E-state index contributed by atoms with van der Waals surface area (Å²) >= 11 is 0. The van der Waals surface area contributed by atoms with Crippen LogP contribution in [-0.2, 0) is 9.59 Å². The lowest BCUT2D eigenvalue weighted by Crippen LogP contribution is -2.27. The predicted molar refractivity (Wildman–Crippen MR) is 56.2 cm³/mol. The summed E-state index contributed by atoms with van der Waals surface area (Å²) in [6.45, 7) is 2.89. The van der Waals surface area contributed by atoms with Crippen molar-refractivity contribution in [1.82, 2.24) is 10.6 Å². The first kappa shape index (κ1) is 11.3. The molecule has 4 N–H and O–H groups in total. The molecule has 1 aliphatic rings. The predicted octanol–water partition coefficient (Wildman–Crippen LogP) is 0.107. The SMILES string of the molecule is CC(=O)NC1=CC(N)=C(NC(C)=O)CC1. The fourth-order valence-corrected chi connectivity index (χ4v) is 1.42. The summed E-state index contributed by atoms with van der Waals surface area (Å²) in [6.07, 6.45) is 2.99. The third-order valence-electron chi connectivity index (χ3n) is 1.99. The molecule has 0 heterocycles. The number of allylic oxidation sites excluding steroid dienone is 3. The zero-order valence-corrected chi connectivity index (χ0v) is 8.89. The van der Waals surface area contributed by atoms with E-state index < -0.39 is 0 Å². The molecular weight excluding hydrogens is 194 g/mol. The fourth-order valence-electron chi connectivity index (χ4n) is 1.42. The number of hydrogen-bond donors (Lipinski definition) is 3. The molecule has 5 heteroatoms. The second kappa shape index (κ2) is 4.63. The Balaban J connectivity index is 2.74. The third-order valence-corrected chi connectivity index (χ3v) is 1.99. The van der Waals surface area contributed by atoms with Gasteiger partial charge in [-0.3, -0.25) is 9.59 Å². The van der Waals surface area contributed by atoms with Gasteiger partial charge in [-0.1, -0.05) is 0 Å². The maximum atomic E-state index is 10.8. The number of amides is 2. The molecule has 0 saturated heterocycles. The molecule has 0 saturated carbocycles. The second-order valence-electron chi connectivity index (χ2n) is 3.47. The van der Waals surface area contributed by atoms with E-state index in [4.69, 9.17) is 5.73 Å². The Morgan fingerprint density at radius 2 is 1.80 bits per heavy atom. The van der Waals surface area contributed by atoms with Crippen LogP contribution in [0.2, 0.25) is 0 Å². The Bertz CT molecular complexity index is 356. The largest absolute Gasteiger partial charge is 0.397 e. The molecule has 5 nitrogen and oxygen atoms in total. The van der Waals surface area contributed by atoms with Crippen LogP contribution in [0.5, 0.6) is 0 Å². The van der Waals surface area contributed by atoms with E-state index in [1.807, 2.05) is 0 Å². The maximum absolute atomic E-state index is 10.8. The van der Waals surface area contributed by atoms with Crippen LogP contribution in [0.1, 0.15) is 26.7 Å². The molecular formula is C10H15N3O2. The topological polar surface area (TPSA) is 84.2 Å². The number of carbonyl (C=O) groups excluding carboxylic acids is 2. The molecule has 0 unspecified atom stereocenters. The summed E-state index contributed by atoms with van der Waals surface area (Å²) in [5.41, 5.74) is 7.74. The lowest BCUT2D eigenvalue weighted by atomic mass is 10.1. The van der Waals surface area contributed by atoms with Crippen LogP contribution >= 0.6 is 0 Å². The van der Waals surface area contributed by atoms with Crippen LogP contribution in [0.3, 0.4) is 0 Å². The summed E-state index contributed by atoms with van der Waals surface area (Å²) in [6, 6.07) is 0. The first-order valence-corrected chi connectivity index (χ1v) is 4.73. The van der Waals surface area contributed by atoms with Gasteiger partial charge in [0, 0.05) is 25.2 Å². The monoisotopic (exact) mass is 209 g/mol.